The Labute approximate surface area is 726 Å². The van der Waals surface area contributed by atoms with E-state index in [4.69, 9.17) is 20.9 Å². The number of aliphatic carboxylic acids is 4. The Kier molecular flexibility index (Phi) is 44.1. The van der Waals surface area contributed by atoms with E-state index < -0.39 is 298 Å². The number of para-hydroxylation sites is 2. The molecule has 1 fully saturated rings. The standard InChI is InChI=1S/C86H118N12O28/c1-5-6-7-8-9-13-16-29-72(107)93-61(34-53-43-90-60-28-20-18-25-56(53)60)68(103)35-51(38-71(88)106)81(119)96-63(41-76(113)114)69(104)39-58-49(4)125-85(123)52(36-66(101)57-26-17-19-27-59(57)87)37-70(105)78(47(2)32-74(109)110)98-84(122)65(46-99)94-73(108)45-92-83(121)64(42-77(115)116)97-79(117)48(3)31-67(102)62(40-75(111)112)95-80(118)50(33-54(100)44-91-82(58)120)22-21-30-89-86(124)126-55-23-14-11-10-12-15-24-55/h10-11,17-20,25-28,43,47-52,55,58,61-65,78,90,99H,5-9,12-16,21-24,29-42,44-46,87H2,1-4H3,(H2,88,106)(H,89,124)(H,91,120)(H,92,121)(H,93,107)(H,94,108)(H,95,118)(H,96,119)(H,97,117)(H,98,122)(H,109,110)(H,111,112)(H,113,114)(H,115,116)/b11-10+/t47-,48-,49+,50+,51-,52+,55?,58-,61-,62-,63-,64-,65+,78-/m0/s1. The number of H-pyrrole nitrogens is 1. The number of amides is 10. The lowest BCUT2D eigenvalue weighted by Gasteiger charge is -2.28. The second kappa shape index (κ2) is 53.5. The number of aromatic nitrogens is 1. The molecule has 5 rings (SSSR count). The second-order valence-electron chi connectivity index (χ2n) is 32.0. The lowest BCUT2D eigenvalue weighted by atomic mass is 9.86. The van der Waals surface area contributed by atoms with Crippen LogP contribution in [0, 0.1) is 35.5 Å². The van der Waals surface area contributed by atoms with Gasteiger partial charge in [-0.15, -0.1) is 0 Å². The molecule has 14 atom stereocenters. The first-order valence-electron chi connectivity index (χ1n) is 42.2. The van der Waals surface area contributed by atoms with Crippen LogP contribution in [0.15, 0.2) is 66.9 Å². The van der Waals surface area contributed by atoms with Gasteiger partial charge in [-0.25, -0.2) is 4.79 Å². The van der Waals surface area contributed by atoms with E-state index in [-0.39, 0.29) is 43.5 Å². The number of aliphatic hydroxyl groups is 1. The molecule has 40 nitrogen and oxygen atoms in total. The van der Waals surface area contributed by atoms with Gasteiger partial charge in [0.25, 0.3) is 0 Å². The van der Waals surface area contributed by atoms with E-state index in [9.17, 15) is 112 Å². The summed E-state index contributed by atoms with van der Waals surface area (Å²) in [6, 6.07) is 0.676. The fraction of sp³-hybridized carbons (Fsp3) is 0.570. The van der Waals surface area contributed by atoms with E-state index in [1.807, 2.05) is 17.5 Å². The Morgan fingerprint density at radius 2 is 1.25 bits per heavy atom. The lowest BCUT2D eigenvalue weighted by molar-refractivity contribution is -0.160. The third-order valence-electron chi connectivity index (χ3n) is 21.6. The maximum atomic E-state index is 15.1. The first-order chi connectivity index (χ1) is 59.8. The van der Waals surface area contributed by atoms with E-state index in [0.29, 0.717) is 55.0 Å². The molecule has 2 aliphatic rings. The number of esters is 1. The van der Waals surface area contributed by atoms with Crippen molar-refractivity contribution >= 4 is 140 Å². The van der Waals surface area contributed by atoms with Gasteiger partial charge in [0.1, 0.15) is 24.3 Å². The van der Waals surface area contributed by atoms with Crippen LogP contribution in [0.2, 0.25) is 0 Å². The minimum atomic E-state index is -2.23. The van der Waals surface area contributed by atoms with Crippen LogP contribution in [-0.4, -0.2) is 229 Å². The topological polar surface area (TPSA) is 654 Å². The summed E-state index contributed by atoms with van der Waals surface area (Å²) < 4.78 is 11.5. The third kappa shape index (κ3) is 36.6. The second-order valence-corrected chi connectivity index (χ2v) is 32.0. The maximum Gasteiger partial charge on any atom is 0.407 e. The van der Waals surface area contributed by atoms with Crippen LogP contribution < -0.4 is 59.3 Å². The molecule has 1 unspecified atom stereocenters. The van der Waals surface area contributed by atoms with Gasteiger partial charge in [0.15, 0.2) is 34.7 Å². The van der Waals surface area contributed by atoms with Crippen LogP contribution in [0.5, 0.6) is 0 Å². The molecule has 126 heavy (non-hydrogen) atoms. The zero-order chi connectivity index (χ0) is 93.3. The fourth-order valence-electron chi connectivity index (χ4n) is 14.6. The number of carboxylic acid groups (broad SMARTS) is 4. The van der Waals surface area contributed by atoms with Gasteiger partial charge in [0.2, 0.25) is 53.2 Å². The minimum Gasteiger partial charge on any atom is -0.481 e. The zero-order valence-corrected chi connectivity index (χ0v) is 71.1. The van der Waals surface area contributed by atoms with Crippen molar-refractivity contribution in [3.8, 4) is 0 Å². The number of anilines is 1. The van der Waals surface area contributed by atoms with Crippen molar-refractivity contribution in [3.63, 3.8) is 0 Å². The van der Waals surface area contributed by atoms with E-state index in [2.05, 4.69) is 54.4 Å². The Morgan fingerprint density at radius 3 is 1.93 bits per heavy atom. The summed E-state index contributed by atoms with van der Waals surface area (Å²) in [4.78, 5) is 294. The molecule has 2 aromatic carbocycles. The summed E-state index contributed by atoms with van der Waals surface area (Å²) in [5.41, 5.74) is 12.7. The molecule has 40 heteroatoms. The molecule has 3 aromatic rings. The van der Waals surface area contributed by atoms with Crippen LogP contribution in [0.25, 0.3) is 10.9 Å². The number of allylic oxidation sites excluding steroid dienone is 2. The highest BCUT2D eigenvalue weighted by molar-refractivity contribution is 6.05. The molecule has 0 spiro atoms. The molecule has 1 saturated heterocycles. The summed E-state index contributed by atoms with van der Waals surface area (Å²) in [5.74, 6) is -36.3. The molecule has 2 heterocycles. The van der Waals surface area contributed by atoms with E-state index in [1.165, 1.54) is 24.3 Å². The molecular weight excluding hydrogens is 1650 g/mol. The number of nitrogen functional groups attached to an aromatic ring is 1. The number of hydrogen-bond donors (Lipinski definition) is 17. The molecule has 1 aliphatic heterocycles. The van der Waals surface area contributed by atoms with Gasteiger partial charge in [0.05, 0.1) is 87.3 Å². The van der Waals surface area contributed by atoms with Crippen LogP contribution >= 0.6 is 0 Å². The van der Waals surface area contributed by atoms with Gasteiger partial charge in [-0.05, 0) is 88.0 Å². The predicted octanol–water partition coefficient (Wildman–Crippen LogP) is 2.49. The number of alkyl carbamates (subject to hydrolysis) is 1. The number of ketones is 6. The number of nitrogens with one attached hydrogen (secondary N) is 10. The summed E-state index contributed by atoms with van der Waals surface area (Å²) in [6.07, 6.45) is -0.860. The maximum absolute atomic E-state index is 15.1. The van der Waals surface area contributed by atoms with Crippen molar-refractivity contribution in [2.75, 3.05) is 32.0 Å². The number of fused-ring (bicyclic) bond motifs is 1. The molecule has 0 radical (unpaired) electrons. The number of aromatic amines is 1. The number of carboxylic acids is 4. The smallest absolute Gasteiger partial charge is 0.407 e. The summed E-state index contributed by atoms with van der Waals surface area (Å²) in [5, 5.41) is 71.9. The van der Waals surface area contributed by atoms with Gasteiger partial charge in [-0.2, -0.15) is 0 Å². The Morgan fingerprint density at radius 1 is 0.603 bits per heavy atom. The SMILES string of the molecule is CCCCCCCCCC(=O)N[C@@H](Cc1c[nH]c2ccccc12)C(=O)C[C@@H](CC(N)=O)C(=O)N[C@@H](CC(=O)O)C(=O)C[C@@H]1C(=O)NCC(=O)C[C@@H](CCCNC(=O)OC2CC/C=C/CCC2)C(=O)N[C@@H](CC(=O)O)C(=O)C[C@H](C)C(=O)N[C@@H](CC(=O)O)C(=O)NCC(=O)N[C@H](CO)C(=O)N[C@@H]([C@@H](C)CC(=O)O)C(=O)C[C@@H](CC(=O)c2ccccc2N)C(=O)O[C@@H]1C. The molecule has 1 aliphatic carbocycles. The van der Waals surface area contributed by atoms with Gasteiger partial charge < -0.3 is 99.3 Å². The van der Waals surface area contributed by atoms with Gasteiger partial charge >= 0.3 is 35.9 Å². The monoisotopic (exact) mass is 1770 g/mol. The highest BCUT2D eigenvalue weighted by atomic mass is 16.6. The average molecular weight is 1770 g/mol. The van der Waals surface area contributed by atoms with Crippen molar-refractivity contribution in [2.24, 2.45) is 41.2 Å². The third-order valence-corrected chi connectivity index (χ3v) is 21.6. The molecule has 0 saturated carbocycles. The number of benzene rings is 2. The zero-order valence-electron chi connectivity index (χ0n) is 71.1. The Bertz CT molecular complexity index is 4430. The number of cyclic esters (lactones) is 1. The van der Waals surface area contributed by atoms with E-state index >= 15 is 14.4 Å². The number of carbonyl (C=O) groups is 21. The highest BCUT2D eigenvalue weighted by Gasteiger charge is 2.42. The van der Waals surface area contributed by atoms with Crippen LogP contribution in [0.1, 0.15) is 211 Å². The Hall–Kier alpha value is -12.7. The number of aliphatic hydroxyl groups excluding tert-OH is 1. The number of hydrogen-bond acceptors (Lipinski definition) is 25. The number of carbonyl (C=O) groups excluding carboxylic acids is 17. The van der Waals surface area contributed by atoms with Crippen molar-refractivity contribution in [1.29, 1.82) is 0 Å². The van der Waals surface area contributed by atoms with Crippen molar-refractivity contribution in [3.05, 3.63) is 78.0 Å². The average Bonchev–Trinajstić information content (AvgIpc) is 1.60. The number of Topliss-reactive ketones (excluding diaryl/α,β-unsaturated/α-hetero) is 6. The van der Waals surface area contributed by atoms with Crippen LogP contribution in [0.3, 0.4) is 0 Å². The van der Waals surface area contributed by atoms with Crippen molar-refractivity contribution in [2.45, 2.75) is 250 Å². The van der Waals surface area contributed by atoms with Gasteiger partial charge in [-0.3, -0.25) is 95.9 Å². The fourth-order valence-corrected chi connectivity index (χ4v) is 14.6. The highest BCUT2D eigenvalue weighted by Crippen LogP contribution is 2.28. The first kappa shape index (κ1) is 104. The van der Waals surface area contributed by atoms with E-state index in [0.717, 1.165) is 59.3 Å². The van der Waals surface area contributed by atoms with Crippen LogP contribution in [0.4, 0.5) is 10.5 Å². The summed E-state index contributed by atoms with van der Waals surface area (Å²) in [7, 11) is 0. The predicted molar refractivity (Wildman–Crippen MR) is 448 cm³/mol. The minimum absolute atomic E-state index is 0.0137. The van der Waals surface area contributed by atoms with Gasteiger partial charge in [-0.1, -0.05) is 102 Å². The number of unbranched alkanes of at least 4 members (excludes halogenated alkanes) is 6. The number of nitrogens with two attached hydrogens (primary N) is 2. The van der Waals surface area contributed by atoms with Gasteiger partial charge in [0, 0.05) is 105 Å². The number of primary amides is 1. The molecule has 10 amide bonds. The largest absolute Gasteiger partial charge is 0.481 e. The first-order valence-corrected chi connectivity index (χ1v) is 42.2. The molecule has 19 N–H and O–H groups in total. The van der Waals surface area contributed by atoms with Crippen LogP contribution in [-0.2, 0) is 107 Å². The Balaban J connectivity index is 1.63. The molecule has 1 aromatic heterocycles. The molecule has 0 bridgehead atoms. The molecule has 690 valence electrons. The molecular formula is C86H118N12O28. The van der Waals surface area contributed by atoms with Crippen molar-refractivity contribution < 1.29 is 136 Å². The van der Waals surface area contributed by atoms with Crippen molar-refractivity contribution in [1.82, 2.24) is 52.8 Å². The normalized spacial score (nSPS) is 22.2. The lowest BCUT2D eigenvalue weighted by Crippen LogP contribution is -2.57. The summed E-state index contributed by atoms with van der Waals surface area (Å²) >= 11 is 0. The van der Waals surface area contributed by atoms with E-state index in [1.54, 1.807) is 30.5 Å². The number of ether oxygens (including phenoxy) is 2. The number of rotatable bonds is 39. The summed E-state index contributed by atoms with van der Waals surface area (Å²) in [6.45, 7) is 1.54. The quantitative estimate of drug-likeness (QED) is 0.0128.